The zero-order valence-electron chi connectivity index (χ0n) is 13.3. The van der Waals surface area contributed by atoms with Crippen molar-refractivity contribution in [3.8, 4) is 5.75 Å². The Morgan fingerprint density at radius 1 is 1.13 bits per heavy atom. The first-order chi connectivity index (χ1) is 11.2. The molecule has 0 bridgehead atoms. The van der Waals surface area contributed by atoms with Crippen LogP contribution in [0.25, 0.3) is 10.9 Å². The molecule has 0 saturated carbocycles. The highest BCUT2D eigenvalue weighted by atomic mass is 16.5. The zero-order chi connectivity index (χ0) is 16.2. The molecule has 1 heterocycles. The SMILES string of the molecule is COc1ccc(CCNC(=O)c2[nH]c3ccccc3c2C)cc1. The van der Waals surface area contributed by atoms with Gasteiger partial charge in [0.05, 0.1) is 7.11 Å². The number of aromatic nitrogens is 1. The molecule has 3 aromatic rings. The molecule has 0 aliphatic rings. The van der Waals surface area contributed by atoms with Crippen molar-refractivity contribution in [2.24, 2.45) is 0 Å². The first-order valence-electron chi connectivity index (χ1n) is 7.67. The molecule has 118 valence electrons. The lowest BCUT2D eigenvalue weighted by Crippen LogP contribution is -2.26. The summed E-state index contributed by atoms with van der Waals surface area (Å²) in [4.78, 5) is 15.6. The Bertz CT molecular complexity index is 819. The van der Waals surface area contributed by atoms with Crippen molar-refractivity contribution in [2.75, 3.05) is 13.7 Å². The van der Waals surface area contributed by atoms with Crippen LogP contribution in [0.5, 0.6) is 5.75 Å². The number of amides is 1. The van der Waals surface area contributed by atoms with E-state index < -0.39 is 0 Å². The van der Waals surface area contributed by atoms with Gasteiger partial charge in [0.2, 0.25) is 0 Å². The number of carbonyl (C=O) groups is 1. The molecule has 2 aromatic carbocycles. The molecule has 1 amide bonds. The Hall–Kier alpha value is -2.75. The van der Waals surface area contributed by atoms with E-state index in [-0.39, 0.29) is 5.91 Å². The van der Waals surface area contributed by atoms with Gasteiger partial charge < -0.3 is 15.0 Å². The van der Waals surface area contributed by atoms with Gasteiger partial charge in [-0.1, -0.05) is 30.3 Å². The highest BCUT2D eigenvalue weighted by molar-refractivity contribution is 6.00. The molecular formula is C19H20N2O2. The molecular weight excluding hydrogens is 288 g/mol. The largest absolute Gasteiger partial charge is 0.497 e. The van der Waals surface area contributed by atoms with Crippen molar-refractivity contribution in [1.82, 2.24) is 10.3 Å². The summed E-state index contributed by atoms with van der Waals surface area (Å²) < 4.78 is 5.14. The van der Waals surface area contributed by atoms with Gasteiger partial charge >= 0.3 is 0 Å². The van der Waals surface area contributed by atoms with Gasteiger partial charge in [-0.3, -0.25) is 4.79 Å². The first kappa shape index (κ1) is 15.2. The average Bonchev–Trinajstić information content (AvgIpc) is 2.93. The van der Waals surface area contributed by atoms with E-state index in [1.54, 1.807) is 7.11 Å². The molecule has 0 aliphatic heterocycles. The molecule has 0 aliphatic carbocycles. The summed E-state index contributed by atoms with van der Waals surface area (Å²) >= 11 is 0. The van der Waals surface area contributed by atoms with Gasteiger partial charge in [-0.05, 0) is 42.7 Å². The summed E-state index contributed by atoms with van der Waals surface area (Å²) in [6.45, 7) is 2.57. The fourth-order valence-corrected chi connectivity index (χ4v) is 2.71. The molecule has 4 heteroatoms. The quantitative estimate of drug-likeness (QED) is 0.758. The van der Waals surface area contributed by atoms with Crippen LogP contribution < -0.4 is 10.1 Å². The first-order valence-corrected chi connectivity index (χ1v) is 7.67. The maximum Gasteiger partial charge on any atom is 0.268 e. The minimum Gasteiger partial charge on any atom is -0.497 e. The van der Waals surface area contributed by atoms with Crippen LogP contribution in [0, 0.1) is 6.92 Å². The van der Waals surface area contributed by atoms with Crippen molar-refractivity contribution >= 4 is 16.8 Å². The number of aromatic amines is 1. The van der Waals surface area contributed by atoms with Gasteiger partial charge in [-0.25, -0.2) is 0 Å². The number of methoxy groups -OCH3 is 1. The third kappa shape index (κ3) is 3.21. The monoisotopic (exact) mass is 308 g/mol. The Morgan fingerprint density at radius 2 is 1.87 bits per heavy atom. The standard InChI is InChI=1S/C19H20N2O2/c1-13-16-5-3-4-6-17(16)21-18(13)19(22)20-12-11-14-7-9-15(23-2)10-8-14/h3-10,21H,11-12H2,1-2H3,(H,20,22). The van der Waals surface area contributed by atoms with Crippen molar-refractivity contribution < 1.29 is 9.53 Å². The smallest absolute Gasteiger partial charge is 0.268 e. The molecule has 0 fully saturated rings. The van der Waals surface area contributed by atoms with Crippen LogP contribution in [0.4, 0.5) is 0 Å². The van der Waals surface area contributed by atoms with Gasteiger partial charge in [0.25, 0.3) is 5.91 Å². The summed E-state index contributed by atoms with van der Waals surface area (Å²) in [7, 11) is 1.65. The van der Waals surface area contributed by atoms with Crippen LogP contribution >= 0.6 is 0 Å². The third-order valence-corrected chi connectivity index (χ3v) is 4.05. The van der Waals surface area contributed by atoms with Crippen molar-refractivity contribution in [3.63, 3.8) is 0 Å². The minimum absolute atomic E-state index is 0.0628. The fourth-order valence-electron chi connectivity index (χ4n) is 2.71. The van der Waals surface area contributed by atoms with Gasteiger partial charge in [-0.2, -0.15) is 0 Å². The molecule has 0 unspecified atom stereocenters. The zero-order valence-corrected chi connectivity index (χ0v) is 13.3. The van der Waals surface area contributed by atoms with Crippen LogP contribution in [0.1, 0.15) is 21.6 Å². The van der Waals surface area contributed by atoms with E-state index in [9.17, 15) is 4.79 Å². The normalized spacial score (nSPS) is 10.7. The number of fused-ring (bicyclic) bond motifs is 1. The van der Waals surface area contributed by atoms with Crippen LogP contribution in [0.2, 0.25) is 0 Å². The Morgan fingerprint density at radius 3 is 2.57 bits per heavy atom. The van der Waals surface area contributed by atoms with Crippen LogP contribution in [-0.2, 0) is 6.42 Å². The van der Waals surface area contributed by atoms with Crippen LogP contribution in [0.15, 0.2) is 48.5 Å². The number of benzene rings is 2. The summed E-state index contributed by atoms with van der Waals surface area (Å²) in [5.74, 6) is 0.777. The predicted octanol–water partition coefficient (Wildman–Crippen LogP) is 3.46. The lowest BCUT2D eigenvalue weighted by atomic mass is 10.1. The number of para-hydroxylation sites is 1. The summed E-state index contributed by atoms with van der Waals surface area (Å²) in [6, 6.07) is 15.8. The third-order valence-electron chi connectivity index (χ3n) is 4.05. The van der Waals surface area contributed by atoms with E-state index >= 15 is 0 Å². The fraction of sp³-hybridized carbons (Fsp3) is 0.211. The lowest BCUT2D eigenvalue weighted by Gasteiger charge is -2.06. The van der Waals surface area contributed by atoms with Gasteiger partial charge in [0.1, 0.15) is 11.4 Å². The van der Waals surface area contributed by atoms with E-state index in [1.165, 1.54) is 5.56 Å². The van der Waals surface area contributed by atoms with E-state index in [0.29, 0.717) is 12.2 Å². The highest BCUT2D eigenvalue weighted by Gasteiger charge is 2.13. The number of rotatable bonds is 5. The number of H-pyrrole nitrogens is 1. The molecule has 2 N–H and O–H groups in total. The summed E-state index contributed by atoms with van der Waals surface area (Å²) in [5.41, 5.74) is 3.79. The van der Waals surface area contributed by atoms with E-state index in [1.807, 2.05) is 55.5 Å². The maximum absolute atomic E-state index is 12.4. The molecule has 0 spiro atoms. The molecule has 3 rings (SSSR count). The molecule has 23 heavy (non-hydrogen) atoms. The number of carbonyl (C=O) groups excluding carboxylic acids is 1. The molecule has 0 radical (unpaired) electrons. The number of hydrogen-bond donors (Lipinski definition) is 2. The second-order valence-corrected chi connectivity index (χ2v) is 5.52. The van der Waals surface area contributed by atoms with Crippen molar-refractivity contribution in [3.05, 3.63) is 65.4 Å². The van der Waals surface area contributed by atoms with Crippen molar-refractivity contribution in [1.29, 1.82) is 0 Å². The van der Waals surface area contributed by atoms with Crippen molar-refractivity contribution in [2.45, 2.75) is 13.3 Å². The minimum atomic E-state index is -0.0628. The van der Waals surface area contributed by atoms with Crippen LogP contribution in [-0.4, -0.2) is 24.5 Å². The number of ether oxygens (including phenoxy) is 1. The second-order valence-electron chi connectivity index (χ2n) is 5.52. The van der Waals surface area contributed by atoms with Gasteiger partial charge in [0.15, 0.2) is 0 Å². The second kappa shape index (κ2) is 6.57. The summed E-state index contributed by atoms with van der Waals surface area (Å²) in [5, 5.41) is 4.07. The predicted molar refractivity (Wildman–Crippen MR) is 92.1 cm³/mol. The number of aryl methyl sites for hydroxylation is 1. The maximum atomic E-state index is 12.4. The van der Waals surface area contributed by atoms with Gasteiger partial charge in [0, 0.05) is 17.4 Å². The lowest BCUT2D eigenvalue weighted by molar-refractivity contribution is 0.0949. The summed E-state index contributed by atoms with van der Waals surface area (Å²) in [6.07, 6.45) is 0.787. The highest BCUT2D eigenvalue weighted by Crippen LogP contribution is 2.21. The molecule has 4 nitrogen and oxygen atoms in total. The number of hydrogen-bond acceptors (Lipinski definition) is 2. The Balaban J connectivity index is 1.63. The van der Waals surface area contributed by atoms with E-state index in [2.05, 4.69) is 10.3 Å². The Kier molecular flexibility index (Phi) is 4.33. The molecule has 1 aromatic heterocycles. The van der Waals surface area contributed by atoms with Crippen LogP contribution in [0.3, 0.4) is 0 Å². The van der Waals surface area contributed by atoms with E-state index in [4.69, 9.17) is 4.74 Å². The topological polar surface area (TPSA) is 54.1 Å². The van der Waals surface area contributed by atoms with E-state index in [0.717, 1.165) is 28.6 Å². The Labute approximate surface area is 135 Å². The number of nitrogens with one attached hydrogen (secondary N) is 2. The molecule has 0 atom stereocenters. The average molecular weight is 308 g/mol. The van der Waals surface area contributed by atoms with Gasteiger partial charge in [-0.15, -0.1) is 0 Å². The molecule has 0 saturated heterocycles.